The number of pyridine rings is 1. The fourth-order valence-corrected chi connectivity index (χ4v) is 1.68. The summed E-state index contributed by atoms with van der Waals surface area (Å²) < 4.78 is 5.24. The molecule has 4 heteroatoms. The molecule has 4 nitrogen and oxygen atoms in total. The van der Waals surface area contributed by atoms with Crippen molar-refractivity contribution in [3.05, 3.63) is 41.8 Å². The van der Waals surface area contributed by atoms with Crippen molar-refractivity contribution in [2.24, 2.45) is 0 Å². The van der Waals surface area contributed by atoms with Crippen LogP contribution in [0.5, 0.6) is 0 Å². The van der Waals surface area contributed by atoms with Gasteiger partial charge in [0, 0.05) is 0 Å². The smallest absolute Gasteiger partial charge is 0.337 e. The third-order valence-electron chi connectivity index (χ3n) is 2.47. The van der Waals surface area contributed by atoms with Crippen LogP contribution < -0.4 is 0 Å². The van der Waals surface area contributed by atoms with Gasteiger partial charge >= 0.3 is 5.97 Å². The first-order chi connectivity index (χ1) is 8.22. The van der Waals surface area contributed by atoms with Gasteiger partial charge in [-0.2, -0.15) is 0 Å². The lowest BCUT2D eigenvalue weighted by Gasteiger charge is -2.05. The molecule has 2 aromatic rings. The molecular weight excluding hydrogens is 218 g/mol. The standard InChI is InChI=1S/C13H13NO3/c1-2-4-10-9(13(15)16)6-7-11(14-10)12-5-3-8-17-12/h3,5-8H,2,4H2,1H3,(H,15,16). The Balaban J connectivity index is 2.45. The first-order valence-corrected chi connectivity index (χ1v) is 5.49. The van der Waals surface area contributed by atoms with E-state index in [0.29, 0.717) is 23.6 Å². The Bertz CT molecular complexity index is 517. The summed E-state index contributed by atoms with van der Waals surface area (Å²) in [6.45, 7) is 1.99. The van der Waals surface area contributed by atoms with Crippen LogP contribution in [0, 0.1) is 0 Å². The molecule has 0 aliphatic carbocycles. The number of furan rings is 1. The summed E-state index contributed by atoms with van der Waals surface area (Å²) in [7, 11) is 0. The first-order valence-electron chi connectivity index (χ1n) is 5.49. The number of carboxylic acid groups (broad SMARTS) is 1. The van der Waals surface area contributed by atoms with Crippen LogP contribution in [0.15, 0.2) is 34.9 Å². The van der Waals surface area contributed by atoms with Crippen molar-refractivity contribution in [1.82, 2.24) is 4.98 Å². The molecule has 0 saturated heterocycles. The Morgan fingerprint density at radius 3 is 2.82 bits per heavy atom. The molecule has 0 radical (unpaired) electrons. The van der Waals surface area contributed by atoms with Gasteiger partial charge in [-0.05, 0) is 30.7 Å². The van der Waals surface area contributed by atoms with E-state index in [4.69, 9.17) is 9.52 Å². The Hall–Kier alpha value is -2.10. The van der Waals surface area contributed by atoms with Crippen molar-refractivity contribution in [2.75, 3.05) is 0 Å². The van der Waals surface area contributed by atoms with Gasteiger partial charge in [-0.3, -0.25) is 0 Å². The number of carboxylic acids is 1. The fraction of sp³-hybridized carbons (Fsp3) is 0.231. The third-order valence-corrected chi connectivity index (χ3v) is 2.47. The monoisotopic (exact) mass is 231 g/mol. The van der Waals surface area contributed by atoms with E-state index in [1.165, 1.54) is 0 Å². The van der Waals surface area contributed by atoms with Gasteiger partial charge in [-0.1, -0.05) is 13.3 Å². The molecule has 0 aromatic carbocycles. The van der Waals surface area contributed by atoms with Gasteiger partial charge in [0.2, 0.25) is 0 Å². The molecule has 0 saturated carbocycles. The average molecular weight is 231 g/mol. The Morgan fingerprint density at radius 2 is 2.24 bits per heavy atom. The number of hydrogen-bond acceptors (Lipinski definition) is 3. The number of aromatic nitrogens is 1. The summed E-state index contributed by atoms with van der Waals surface area (Å²) in [5.41, 5.74) is 1.54. The predicted octanol–water partition coefficient (Wildman–Crippen LogP) is 2.99. The lowest BCUT2D eigenvalue weighted by atomic mass is 10.1. The molecule has 0 aliphatic rings. The van der Waals surface area contributed by atoms with Crippen LogP contribution in [0.4, 0.5) is 0 Å². The number of nitrogens with zero attached hydrogens (tertiary/aromatic N) is 1. The molecule has 0 unspecified atom stereocenters. The van der Waals surface area contributed by atoms with Gasteiger partial charge in [0.05, 0.1) is 17.5 Å². The van der Waals surface area contributed by atoms with Crippen LogP contribution in [-0.4, -0.2) is 16.1 Å². The molecule has 2 aromatic heterocycles. The number of carbonyl (C=O) groups is 1. The van der Waals surface area contributed by atoms with Gasteiger partial charge < -0.3 is 9.52 Å². The van der Waals surface area contributed by atoms with Crippen molar-refractivity contribution >= 4 is 5.97 Å². The maximum absolute atomic E-state index is 11.0. The summed E-state index contributed by atoms with van der Waals surface area (Å²) in [6.07, 6.45) is 3.08. The Morgan fingerprint density at radius 1 is 1.41 bits per heavy atom. The number of aryl methyl sites for hydroxylation is 1. The second-order valence-electron chi connectivity index (χ2n) is 3.72. The molecule has 2 heterocycles. The molecule has 0 bridgehead atoms. The van der Waals surface area contributed by atoms with E-state index in [0.717, 1.165) is 6.42 Å². The second kappa shape index (κ2) is 4.82. The second-order valence-corrected chi connectivity index (χ2v) is 3.72. The summed E-state index contributed by atoms with van der Waals surface area (Å²) in [5.74, 6) is -0.286. The zero-order chi connectivity index (χ0) is 12.3. The van der Waals surface area contributed by atoms with Crippen molar-refractivity contribution < 1.29 is 14.3 Å². The quantitative estimate of drug-likeness (QED) is 0.878. The minimum atomic E-state index is -0.938. The minimum Gasteiger partial charge on any atom is -0.478 e. The maximum Gasteiger partial charge on any atom is 0.337 e. The third kappa shape index (κ3) is 2.36. The molecule has 0 fully saturated rings. The molecule has 88 valence electrons. The van der Waals surface area contributed by atoms with E-state index in [1.807, 2.05) is 6.92 Å². The zero-order valence-electron chi connectivity index (χ0n) is 9.51. The van der Waals surface area contributed by atoms with Gasteiger partial charge in [0.1, 0.15) is 5.69 Å². The summed E-state index contributed by atoms with van der Waals surface area (Å²) >= 11 is 0. The summed E-state index contributed by atoms with van der Waals surface area (Å²) in [5, 5.41) is 9.05. The molecule has 17 heavy (non-hydrogen) atoms. The summed E-state index contributed by atoms with van der Waals surface area (Å²) in [6, 6.07) is 6.83. The van der Waals surface area contributed by atoms with Crippen LogP contribution in [0.3, 0.4) is 0 Å². The lowest BCUT2D eigenvalue weighted by molar-refractivity contribution is 0.0695. The minimum absolute atomic E-state index is 0.266. The van der Waals surface area contributed by atoms with E-state index in [2.05, 4.69) is 4.98 Å². The fourth-order valence-electron chi connectivity index (χ4n) is 1.68. The number of rotatable bonds is 4. The lowest BCUT2D eigenvalue weighted by Crippen LogP contribution is -2.05. The van der Waals surface area contributed by atoms with Crippen molar-refractivity contribution in [1.29, 1.82) is 0 Å². The molecular formula is C13H13NO3. The van der Waals surface area contributed by atoms with Gasteiger partial charge in [-0.15, -0.1) is 0 Å². The molecule has 1 N–H and O–H groups in total. The maximum atomic E-state index is 11.0. The number of hydrogen-bond donors (Lipinski definition) is 1. The topological polar surface area (TPSA) is 63.3 Å². The molecule has 0 aliphatic heterocycles. The SMILES string of the molecule is CCCc1nc(-c2ccco2)ccc1C(=O)O. The molecule has 0 amide bonds. The highest BCUT2D eigenvalue weighted by Gasteiger charge is 2.13. The Kier molecular flexibility index (Phi) is 3.23. The molecule has 0 atom stereocenters. The zero-order valence-corrected chi connectivity index (χ0v) is 9.51. The Labute approximate surface area is 98.9 Å². The van der Waals surface area contributed by atoms with Crippen LogP contribution in [0.1, 0.15) is 29.4 Å². The van der Waals surface area contributed by atoms with Crippen molar-refractivity contribution in [3.63, 3.8) is 0 Å². The normalized spacial score (nSPS) is 10.4. The van der Waals surface area contributed by atoms with E-state index >= 15 is 0 Å². The molecule has 0 spiro atoms. The van der Waals surface area contributed by atoms with E-state index in [1.54, 1.807) is 30.5 Å². The predicted molar refractivity (Wildman–Crippen MR) is 62.9 cm³/mol. The van der Waals surface area contributed by atoms with Crippen LogP contribution in [-0.2, 0) is 6.42 Å². The first kappa shape index (κ1) is 11.4. The van der Waals surface area contributed by atoms with E-state index < -0.39 is 5.97 Å². The van der Waals surface area contributed by atoms with Crippen LogP contribution in [0.25, 0.3) is 11.5 Å². The van der Waals surface area contributed by atoms with E-state index in [9.17, 15) is 4.79 Å². The largest absolute Gasteiger partial charge is 0.478 e. The highest BCUT2D eigenvalue weighted by Crippen LogP contribution is 2.20. The van der Waals surface area contributed by atoms with Gasteiger partial charge in [0.15, 0.2) is 5.76 Å². The molecule has 2 rings (SSSR count). The highest BCUT2D eigenvalue weighted by molar-refractivity contribution is 5.89. The van der Waals surface area contributed by atoms with E-state index in [-0.39, 0.29) is 5.56 Å². The van der Waals surface area contributed by atoms with Crippen LogP contribution in [0.2, 0.25) is 0 Å². The highest BCUT2D eigenvalue weighted by atomic mass is 16.4. The van der Waals surface area contributed by atoms with Crippen molar-refractivity contribution in [2.45, 2.75) is 19.8 Å². The van der Waals surface area contributed by atoms with Gasteiger partial charge in [0.25, 0.3) is 0 Å². The van der Waals surface area contributed by atoms with Gasteiger partial charge in [-0.25, -0.2) is 9.78 Å². The van der Waals surface area contributed by atoms with Crippen LogP contribution >= 0.6 is 0 Å². The summed E-state index contributed by atoms with van der Waals surface area (Å²) in [4.78, 5) is 15.4. The van der Waals surface area contributed by atoms with Crippen molar-refractivity contribution in [3.8, 4) is 11.5 Å². The average Bonchev–Trinajstić information content (AvgIpc) is 2.82. The number of aromatic carboxylic acids is 1.